The van der Waals surface area contributed by atoms with Gasteiger partial charge in [-0.15, -0.1) is 24.0 Å². The van der Waals surface area contributed by atoms with E-state index in [0.717, 1.165) is 25.6 Å². The first kappa shape index (κ1) is 23.9. The summed E-state index contributed by atoms with van der Waals surface area (Å²) in [6.45, 7) is 15.2. The molecule has 0 aliphatic carbocycles. The Kier molecular flexibility index (Phi) is 9.13. The van der Waals surface area contributed by atoms with Crippen LogP contribution in [0.3, 0.4) is 0 Å². The van der Waals surface area contributed by atoms with Crippen molar-refractivity contribution in [3.63, 3.8) is 0 Å². The molecule has 0 radical (unpaired) electrons. The first-order valence-corrected chi connectivity index (χ1v) is 11.3. The van der Waals surface area contributed by atoms with Gasteiger partial charge in [-0.25, -0.2) is 8.42 Å². The van der Waals surface area contributed by atoms with E-state index in [1.165, 1.54) is 19.4 Å². The van der Waals surface area contributed by atoms with E-state index < -0.39 is 14.6 Å². The van der Waals surface area contributed by atoms with Crippen molar-refractivity contribution in [2.24, 2.45) is 10.9 Å². The fourth-order valence-electron chi connectivity index (χ4n) is 3.68. The third-order valence-corrected chi connectivity index (χ3v) is 7.99. The van der Waals surface area contributed by atoms with Gasteiger partial charge in [-0.3, -0.25) is 4.99 Å². The summed E-state index contributed by atoms with van der Waals surface area (Å²) in [5.74, 6) is 1.66. The maximum absolute atomic E-state index is 12.2. The van der Waals surface area contributed by atoms with E-state index >= 15 is 0 Å². The molecule has 1 N–H and O–H groups in total. The second-order valence-corrected chi connectivity index (χ2v) is 11.0. The molecule has 2 aliphatic heterocycles. The molecule has 0 spiro atoms. The summed E-state index contributed by atoms with van der Waals surface area (Å²) < 4.78 is 23.8. The number of halogens is 1. The first-order valence-electron chi connectivity index (χ1n) is 9.66. The minimum Gasteiger partial charge on any atom is -0.357 e. The van der Waals surface area contributed by atoms with Crippen LogP contribution < -0.4 is 5.32 Å². The lowest BCUT2D eigenvalue weighted by molar-refractivity contribution is 0.143. The Balaban J connectivity index is 0.00000338. The lowest BCUT2D eigenvalue weighted by atomic mass is 9.97. The van der Waals surface area contributed by atoms with Crippen molar-refractivity contribution in [2.75, 3.05) is 45.0 Å². The van der Waals surface area contributed by atoms with Crippen LogP contribution >= 0.6 is 24.0 Å². The summed E-state index contributed by atoms with van der Waals surface area (Å²) in [7, 11) is -3.03. The number of hydrogen-bond acceptors (Lipinski definition) is 4. The molecule has 0 aromatic carbocycles. The largest absolute Gasteiger partial charge is 0.357 e. The van der Waals surface area contributed by atoms with Crippen LogP contribution in [0.15, 0.2) is 4.99 Å². The van der Waals surface area contributed by atoms with Crippen molar-refractivity contribution in [2.45, 2.75) is 58.2 Å². The van der Waals surface area contributed by atoms with Gasteiger partial charge in [0, 0.05) is 38.8 Å². The van der Waals surface area contributed by atoms with Gasteiger partial charge in [-0.2, -0.15) is 0 Å². The third kappa shape index (κ3) is 5.95. The molecular formula is C18H37IN4O2S. The Bertz CT molecular complexity index is 578. The van der Waals surface area contributed by atoms with Crippen LogP contribution in [-0.4, -0.2) is 80.0 Å². The molecule has 2 rings (SSSR count). The van der Waals surface area contributed by atoms with Crippen LogP contribution in [0.5, 0.6) is 0 Å². The topological polar surface area (TPSA) is 65.0 Å². The fraction of sp³-hybridized carbons (Fsp3) is 0.944. The Morgan fingerprint density at radius 2 is 2.00 bits per heavy atom. The number of rotatable bonds is 4. The maximum atomic E-state index is 12.2. The highest BCUT2D eigenvalue weighted by atomic mass is 127. The summed E-state index contributed by atoms with van der Waals surface area (Å²) in [5, 5.41) is 3.36. The normalized spacial score (nSPS) is 26.5. The lowest BCUT2D eigenvalue weighted by Crippen LogP contribution is -2.57. The highest BCUT2D eigenvalue weighted by Crippen LogP contribution is 2.24. The molecule has 1 unspecified atom stereocenters. The molecule has 2 saturated heterocycles. The molecular weight excluding hydrogens is 463 g/mol. The minimum atomic E-state index is -3.03. The molecule has 0 bridgehead atoms. The maximum Gasteiger partial charge on any atom is 0.194 e. The Hall–Kier alpha value is -0.0900. The third-order valence-electron chi connectivity index (χ3n) is 5.46. The van der Waals surface area contributed by atoms with Gasteiger partial charge in [0.15, 0.2) is 15.8 Å². The number of piperidine rings is 1. The molecule has 26 heavy (non-hydrogen) atoms. The fourth-order valence-corrected chi connectivity index (χ4v) is 5.05. The Labute approximate surface area is 177 Å². The summed E-state index contributed by atoms with van der Waals surface area (Å²) in [6, 6.07) is 0.591. The van der Waals surface area contributed by atoms with E-state index in [-0.39, 0.29) is 29.7 Å². The molecule has 0 aromatic heterocycles. The summed E-state index contributed by atoms with van der Waals surface area (Å²) in [6.07, 6.45) is 2.47. The number of nitrogens with one attached hydrogen (secondary N) is 1. The molecule has 2 heterocycles. The van der Waals surface area contributed by atoms with Gasteiger partial charge in [0.25, 0.3) is 0 Å². The van der Waals surface area contributed by atoms with Crippen LogP contribution in [0, 0.1) is 5.92 Å². The van der Waals surface area contributed by atoms with Gasteiger partial charge in [-0.05, 0) is 59.9 Å². The first-order chi connectivity index (χ1) is 11.7. The van der Waals surface area contributed by atoms with Gasteiger partial charge >= 0.3 is 0 Å². The van der Waals surface area contributed by atoms with Crippen molar-refractivity contribution >= 4 is 39.8 Å². The molecule has 2 aliphatic rings. The number of sulfone groups is 1. The number of likely N-dealkylation sites (tertiary alicyclic amines) is 1. The second kappa shape index (κ2) is 9.91. The van der Waals surface area contributed by atoms with Crippen molar-refractivity contribution in [3.8, 4) is 0 Å². The smallest absolute Gasteiger partial charge is 0.194 e. The van der Waals surface area contributed by atoms with Crippen LogP contribution in [-0.2, 0) is 9.84 Å². The number of hydrogen-bond donors (Lipinski definition) is 1. The minimum absolute atomic E-state index is 0. The van der Waals surface area contributed by atoms with Gasteiger partial charge in [0.1, 0.15) is 0 Å². The van der Waals surface area contributed by atoms with Crippen molar-refractivity contribution < 1.29 is 8.42 Å². The molecule has 6 nitrogen and oxygen atoms in total. The van der Waals surface area contributed by atoms with E-state index in [9.17, 15) is 8.42 Å². The quantitative estimate of drug-likeness (QED) is 0.364. The van der Waals surface area contributed by atoms with Crippen LogP contribution in [0.4, 0.5) is 0 Å². The molecule has 1 atom stereocenters. The molecule has 8 heteroatoms. The number of aliphatic imine (C=N–C) groups is 1. The Morgan fingerprint density at radius 1 is 1.31 bits per heavy atom. The second-order valence-electron chi connectivity index (χ2n) is 8.29. The highest BCUT2D eigenvalue weighted by Gasteiger charge is 2.41. The van der Waals surface area contributed by atoms with E-state index in [0.29, 0.717) is 25.0 Å². The Morgan fingerprint density at radius 3 is 2.58 bits per heavy atom. The van der Waals surface area contributed by atoms with E-state index in [2.05, 4.69) is 35.9 Å². The van der Waals surface area contributed by atoms with E-state index in [1.807, 2.05) is 13.8 Å². The predicted octanol–water partition coefficient (Wildman–Crippen LogP) is 2.20. The van der Waals surface area contributed by atoms with Crippen molar-refractivity contribution in [3.05, 3.63) is 0 Å². The van der Waals surface area contributed by atoms with Crippen LogP contribution in [0.1, 0.15) is 47.5 Å². The van der Waals surface area contributed by atoms with Crippen molar-refractivity contribution in [1.29, 1.82) is 0 Å². The van der Waals surface area contributed by atoms with E-state index in [4.69, 9.17) is 4.99 Å². The molecule has 0 aromatic rings. The summed E-state index contributed by atoms with van der Waals surface area (Å²) >= 11 is 0. The predicted molar refractivity (Wildman–Crippen MR) is 120 cm³/mol. The number of nitrogens with zero attached hydrogens (tertiary/aromatic N) is 3. The average Bonchev–Trinajstić information content (AvgIpc) is 2.54. The molecule has 0 saturated carbocycles. The van der Waals surface area contributed by atoms with Gasteiger partial charge in [0.2, 0.25) is 0 Å². The lowest BCUT2D eigenvalue weighted by Gasteiger charge is -2.39. The zero-order valence-corrected chi connectivity index (χ0v) is 20.1. The monoisotopic (exact) mass is 500 g/mol. The highest BCUT2D eigenvalue weighted by molar-refractivity contribution is 14.0. The van der Waals surface area contributed by atoms with Crippen LogP contribution in [0.2, 0.25) is 0 Å². The zero-order valence-electron chi connectivity index (χ0n) is 17.0. The number of guanidine groups is 1. The van der Waals surface area contributed by atoms with Gasteiger partial charge < -0.3 is 15.1 Å². The molecule has 2 fully saturated rings. The molecule has 0 amide bonds. The summed E-state index contributed by atoms with van der Waals surface area (Å²) in [4.78, 5) is 9.53. The van der Waals surface area contributed by atoms with Gasteiger partial charge in [0.05, 0.1) is 10.5 Å². The standard InChI is InChI=1S/C18H36N4O2S.HI/c1-6-19-17(22-10-11-25(23,24)18(4,5)14-22)20-12-16-8-7-9-21(13-16)15(2)3;/h15-16H,6-14H2,1-5H3,(H,19,20);1H. The summed E-state index contributed by atoms with van der Waals surface area (Å²) in [5.41, 5.74) is 0. The SMILES string of the molecule is CCNC(=NCC1CCCN(C(C)C)C1)N1CCS(=O)(=O)C(C)(C)C1.I. The zero-order chi connectivity index (χ0) is 18.7. The van der Waals surface area contributed by atoms with E-state index in [1.54, 1.807) is 0 Å². The molecule has 154 valence electrons. The average molecular weight is 500 g/mol. The van der Waals surface area contributed by atoms with Gasteiger partial charge in [-0.1, -0.05) is 0 Å². The van der Waals surface area contributed by atoms with Crippen LogP contribution in [0.25, 0.3) is 0 Å². The van der Waals surface area contributed by atoms with Crippen molar-refractivity contribution in [1.82, 2.24) is 15.1 Å².